The van der Waals surface area contributed by atoms with Gasteiger partial charge in [0.25, 0.3) is 5.89 Å². The minimum atomic E-state index is -0.105. The third-order valence-electron chi connectivity index (χ3n) is 4.71. The van der Waals surface area contributed by atoms with Gasteiger partial charge in [-0.3, -0.25) is 9.69 Å². The van der Waals surface area contributed by atoms with Crippen LogP contribution < -0.4 is 10.2 Å². The molecule has 27 heavy (non-hydrogen) atoms. The van der Waals surface area contributed by atoms with Crippen molar-refractivity contribution in [2.75, 3.05) is 44.2 Å². The molecule has 0 aromatic carbocycles. The molecular formula is C17H23N7O3. The molecule has 2 aliphatic heterocycles. The summed E-state index contributed by atoms with van der Waals surface area (Å²) >= 11 is 0. The summed E-state index contributed by atoms with van der Waals surface area (Å²) in [6, 6.07) is 1.80. The van der Waals surface area contributed by atoms with Gasteiger partial charge in [0.05, 0.1) is 13.1 Å². The van der Waals surface area contributed by atoms with Crippen molar-refractivity contribution in [2.45, 2.75) is 25.5 Å². The van der Waals surface area contributed by atoms with Gasteiger partial charge >= 0.3 is 0 Å². The number of nitrogens with zero attached hydrogens (tertiary/aromatic N) is 6. The number of ether oxygens (including phenoxy) is 1. The Bertz CT molecular complexity index is 740. The van der Waals surface area contributed by atoms with E-state index in [0.29, 0.717) is 18.3 Å². The number of carbonyl (C=O) groups excluding carboxylic acids is 1. The highest BCUT2D eigenvalue weighted by molar-refractivity contribution is 5.77. The second-order valence-corrected chi connectivity index (χ2v) is 6.64. The highest BCUT2D eigenvalue weighted by Crippen LogP contribution is 2.26. The zero-order valence-electron chi connectivity index (χ0n) is 15.1. The highest BCUT2D eigenvalue weighted by atomic mass is 16.5. The van der Waals surface area contributed by atoms with Crippen molar-refractivity contribution in [1.82, 2.24) is 30.3 Å². The fourth-order valence-corrected chi connectivity index (χ4v) is 3.24. The van der Waals surface area contributed by atoms with Gasteiger partial charge in [-0.15, -0.1) is 0 Å². The molecular weight excluding hydrogens is 350 g/mol. The molecule has 2 saturated heterocycles. The highest BCUT2D eigenvalue weighted by Gasteiger charge is 2.24. The first-order chi connectivity index (χ1) is 13.3. The molecule has 1 unspecified atom stereocenters. The van der Waals surface area contributed by atoms with Crippen molar-refractivity contribution in [2.24, 2.45) is 0 Å². The van der Waals surface area contributed by atoms with Gasteiger partial charge in [-0.1, -0.05) is 5.16 Å². The van der Waals surface area contributed by atoms with Gasteiger partial charge in [-0.05, 0) is 18.9 Å². The Labute approximate surface area is 156 Å². The SMILES string of the molecule is O=C(CN1CCN(c2ncccn2)CC1)NCc1noc(C2CCCO2)n1. The van der Waals surface area contributed by atoms with Crippen LogP contribution in [0.4, 0.5) is 5.95 Å². The molecule has 1 N–H and O–H groups in total. The largest absolute Gasteiger partial charge is 0.368 e. The lowest BCUT2D eigenvalue weighted by Crippen LogP contribution is -2.49. The molecule has 0 saturated carbocycles. The van der Waals surface area contributed by atoms with E-state index < -0.39 is 0 Å². The molecule has 10 nitrogen and oxygen atoms in total. The van der Waals surface area contributed by atoms with E-state index in [0.717, 1.165) is 51.6 Å². The zero-order valence-corrected chi connectivity index (χ0v) is 15.1. The second kappa shape index (κ2) is 8.40. The van der Waals surface area contributed by atoms with Crippen molar-refractivity contribution < 1.29 is 14.1 Å². The van der Waals surface area contributed by atoms with Crippen LogP contribution >= 0.6 is 0 Å². The quantitative estimate of drug-likeness (QED) is 0.756. The summed E-state index contributed by atoms with van der Waals surface area (Å²) in [4.78, 5) is 29.3. The van der Waals surface area contributed by atoms with Crippen LogP contribution in [-0.4, -0.2) is 70.2 Å². The number of hydrogen-bond donors (Lipinski definition) is 1. The number of carbonyl (C=O) groups is 1. The number of aromatic nitrogens is 4. The van der Waals surface area contributed by atoms with Crippen LogP contribution in [0.5, 0.6) is 0 Å². The van der Waals surface area contributed by atoms with E-state index in [4.69, 9.17) is 9.26 Å². The Kier molecular flexibility index (Phi) is 5.54. The van der Waals surface area contributed by atoms with E-state index in [1.165, 1.54) is 0 Å². The maximum absolute atomic E-state index is 12.2. The van der Waals surface area contributed by atoms with Gasteiger partial charge in [0.15, 0.2) is 5.82 Å². The molecule has 1 amide bonds. The minimum Gasteiger partial charge on any atom is -0.368 e. The predicted molar refractivity (Wildman–Crippen MR) is 94.8 cm³/mol. The van der Waals surface area contributed by atoms with E-state index in [-0.39, 0.29) is 18.6 Å². The van der Waals surface area contributed by atoms with Crippen molar-refractivity contribution in [3.05, 3.63) is 30.2 Å². The lowest BCUT2D eigenvalue weighted by Gasteiger charge is -2.34. The lowest BCUT2D eigenvalue weighted by atomic mass is 10.2. The van der Waals surface area contributed by atoms with E-state index in [9.17, 15) is 4.79 Å². The van der Waals surface area contributed by atoms with Crippen LogP contribution in [0.25, 0.3) is 0 Å². The number of piperazine rings is 1. The van der Waals surface area contributed by atoms with Crippen LogP contribution in [-0.2, 0) is 16.1 Å². The molecule has 0 spiro atoms. The van der Waals surface area contributed by atoms with Gasteiger partial charge < -0.3 is 19.5 Å². The molecule has 2 aromatic heterocycles. The summed E-state index contributed by atoms with van der Waals surface area (Å²) in [5, 5.41) is 6.76. The van der Waals surface area contributed by atoms with Gasteiger partial charge in [0, 0.05) is 45.2 Å². The van der Waals surface area contributed by atoms with E-state index in [2.05, 4.69) is 35.2 Å². The van der Waals surface area contributed by atoms with Crippen molar-refractivity contribution >= 4 is 11.9 Å². The van der Waals surface area contributed by atoms with Crippen molar-refractivity contribution in [3.63, 3.8) is 0 Å². The van der Waals surface area contributed by atoms with E-state index in [1.54, 1.807) is 18.5 Å². The predicted octanol–water partition coefficient (Wildman–Crippen LogP) is 0.150. The number of anilines is 1. The standard InChI is InChI=1S/C17H23N7O3/c25-15(20-11-14-21-16(27-22-14)13-3-1-10-26-13)12-23-6-8-24(9-7-23)17-18-4-2-5-19-17/h2,4-5,13H,1,3,6-12H2,(H,20,25). The molecule has 2 aromatic rings. The molecule has 4 heterocycles. The third kappa shape index (κ3) is 4.58. The summed E-state index contributed by atoms with van der Waals surface area (Å²) in [6.45, 7) is 4.50. The fourth-order valence-electron chi connectivity index (χ4n) is 3.24. The van der Waals surface area contributed by atoms with Crippen LogP contribution in [0.3, 0.4) is 0 Å². The molecule has 1 atom stereocenters. The first kappa shape index (κ1) is 17.8. The van der Waals surface area contributed by atoms with Crippen LogP contribution in [0.1, 0.15) is 30.7 Å². The first-order valence-electron chi connectivity index (χ1n) is 9.23. The molecule has 2 fully saturated rings. The Morgan fingerprint density at radius 1 is 1.22 bits per heavy atom. The number of rotatable bonds is 6. The Balaban J connectivity index is 1.19. The van der Waals surface area contributed by atoms with E-state index >= 15 is 0 Å². The fraction of sp³-hybridized carbons (Fsp3) is 0.588. The summed E-state index contributed by atoms with van der Waals surface area (Å²) in [6.07, 6.45) is 5.28. The average Bonchev–Trinajstić information content (AvgIpc) is 3.39. The summed E-state index contributed by atoms with van der Waals surface area (Å²) in [7, 11) is 0. The number of nitrogens with one attached hydrogen (secondary N) is 1. The Morgan fingerprint density at radius 3 is 2.78 bits per heavy atom. The molecule has 144 valence electrons. The van der Waals surface area contributed by atoms with Gasteiger partial charge in [0.2, 0.25) is 11.9 Å². The summed E-state index contributed by atoms with van der Waals surface area (Å²) in [5.74, 6) is 1.65. The van der Waals surface area contributed by atoms with Crippen LogP contribution in [0.15, 0.2) is 23.0 Å². The maximum Gasteiger partial charge on any atom is 0.255 e. The topological polar surface area (TPSA) is 110 Å². The monoisotopic (exact) mass is 373 g/mol. The molecule has 0 bridgehead atoms. The Hall–Kier alpha value is -2.59. The molecule has 2 aliphatic rings. The smallest absolute Gasteiger partial charge is 0.255 e. The maximum atomic E-state index is 12.2. The first-order valence-corrected chi connectivity index (χ1v) is 9.23. The molecule has 4 rings (SSSR count). The van der Waals surface area contributed by atoms with Gasteiger partial charge in [0.1, 0.15) is 6.10 Å². The van der Waals surface area contributed by atoms with Crippen LogP contribution in [0.2, 0.25) is 0 Å². The summed E-state index contributed by atoms with van der Waals surface area (Å²) in [5.41, 5.74) is 0. The van der Waals surface area contributed by atoms with Crippen molar-refractivity contribution in [1.29, 1.82) is 0 Å². The summed E-state index contributed by atoms with van der Waals surface area (Å²) < 4.78 is 10.7. The number of amides is 1. The van der Waals surface area contributed by atoms with Crippen molar-refractivity contribution in [3.8, 4) is 0 Å². The average molecular weight is 373 g/mol. The van der Waals surface area contributed by atoms with E-state index in [1.807, 2.05) is 0 Å². The normalized spacial score (nSPS) is 20.7. The second-order valence-electron chi connectivity index (χ2n) is 6.64. The van der Waals surface area contributed by atoms with Gasteiger partial charge in [-0.25, -0.2) is 9.97 Å². The van der Waals surface area contributed by atoms with Crippen LogP contribution in [0, 0.1) is 0 Å². The lowest BCUT2D eigenvalue weighted by molar-refractivity contribution is -0.122. The van der Waals surface area contributed by atoms with Gasteiger partial charge in [-0.2, -0.15) is 4.98 Å². The molecule has 0 aliphatic carbocycles. The minimum absolute atomic E-state index is 0.0529. The Morgan fingerprint density at radius 2 is 2.04 bits per heavy atom. The third-order valence-corrected chi connectivity index (χ3v) is 4.71. The molecule has 0 radical (unpaired) electrons. The zero-order chi connectivity index (χ0) is 18.5. The number of hydrogen-bond acceptors (Lipinski definition) is 9. The molecule has 10 heteroatoms.